The molecule has 2 aromatic rings. The van der Waals surface area contributed by atoms with E-state index in [1.165, 1.54) is 6.92 Å². The summed E-state index contributed by atoms with van der Waals surface area (Å²) >= 11 is 5.89. The van der Waals surface area contributed by atoms with Crippen LogP contribution in [0.1, 0.15) is 19.0 Å². The van der Waals surface area contributed by atoms with Gasteiger partial charge in [0.25, 0.3) is 11.5 Å². The minimum atomic E-state index is -5.00. The van der Waals surface area contributed by atoms with E-state index in [-0.39, 0.29) is 38.9 Å². The van der Waals surface area contributed by atoms with Crippen LogP contribution >= 0.6 is 11.6 Å². The van der Waals surface area contributed by atoms with Crippen molar-refractivity contribution in [3.8, 4) is 36.1 Å². The van der Waals surface area contributed by atoms with Crippen molar-refractivity contribution in [3.63, 3.8) is 0 Å². The molecule has 2 rings (SSSR count). The highest BCUT2D eigenvalue weighted by molar-refractivity contribution is 6.32. The molecule has 0 fully saturated rings. The lowest BCUT2D eigenvalue weighted by Crippen LogP contribution is -2.41. The molecule has 1 aromatic carbocycles. The summed E-state index contributed by atoms with van der Waals surface area (Å²) in [6.45, 7) is 1.69. The normalized spacial score (nSPS) is 11.3. The van der Waals surface area contributed by atoms with Crippen LogP contribution < -0.4 is 21.3 Å². The molecule has 1 unspecified atom stereocenters. The number of aromatic nitrogens is 2. The van der Waals surface area contributed by atoms with Crippen LogP contribution in [-0.4, -0.2) is 52.0 Å². The van der Waals surface area contributed by atoms with Gasteiger partial charge in [-0.2, -0.15) is 13.2 Å². The average Bonchev–Trinajstić information content (AvgIpc) is 2.83. The molecule has 1 atom stereocenters. The molecule has 0 spiro atoms. The van der Waals surface area contributed by atoms with E-state index in [9.17, 15) is 36.7 Å². The number of rotatable bonds is 9. The van der Waals surface area contributed by atoms with Gasteiger partial charge in [-0.3, -0.25) is 19.0 Å². The third-order valence-corrected chi connectivity index (χ3v) is 4.83. The number of carbonyl (C=O) groups is 2. The first kappa shape index (κ1) is 32.8. The Labute approximate surface area is 224 Å². The molecule has 1 aromatic heterocycles. The number of terminal acetylenes is 2. The first-order chi connectivity index (χ1) is 18.1. The molecule has 0 aliphatic carbocycles. The second-order valence-corrected chi connectivity index (χ2v) is 7.78. The number of ether oxygens (including phenoxy) is 2. The number of alkyl halides is 3. The minimum absolute atomic E-state index is 0.133. The number of hydrogen-bond acceptors (Lipinski definition) is 6. The summed E-state index contributed by atoms with van der Waals surface area (Å²) in [7, 11) is 0.760. The van der Waals surface area contributed by atoms with Crippen LogP contribution in [-0.2, 0) is 27.5 Å². The molecule has 210 valence electrons. The molecule has 0 saturated heterocycles. The van der Waals surface area contributed by atoms with Gasteiger partial charge in [-0.25, -0.2) is 13.8 Å². The van der Waals surface area contributed by atoms with Gasteiger partial charge in [0, 0.05) is 25.7 Å². The van der Waals surface area contributed by atoms with Crippen molar-refractivity contribution in [2.24, 2.45) is 7.05 Å². The van der Waals surface area contributed by atoms with Gasteiger partial charge < -0.3 is 19.9 Å². The third kappa shape index (κ3) is 9.52. The average molecular weight is 576 g/mol. The van der Waals surface area contributed by atoms with Crippen LogP contribution in [0.4, 0.5) is 17.6 Å². The highest BCUT2D eigenvalue weighted by Crippen LogP contribution is 2.30. The number of benzene rings is 1. The summed E-state index contributed by atoms with van der Waals surface area (Å²) in [5.74, 6) is 1.13. The SMILES string of the molecule is C#CCOCC#C.CC(Oc1cc(-n2c(=O)cc(C(F)(F)F)n(C)c2=O)c(F)cc1Cl)C(=O)NCCC(=O)O. The first-order valence-electron chi connectivity index (χ1n) is 10.7. The topological polar surface area (TPSA) is 129 Å². The molecule has 2 N–H and O–H groups in total. The Morgan fingerprint density at radius 3 is 2.28 bits per heavy atom. The van der Waals surface area contributed by atoms with Gasteiger partial charge in [0.15, 0.2) is 6.10 Å². The van der Waals surface area contributed by atoms with Gasteiger partial charge in [0.1, 0.15) is 30.5 Å². The number of hydrogen-bond donors (Lipinski definition) is 2. The predicted molar refractivity (Wildman–Crippen MR) is 131 cm³/mol. The summed E-state index contributed by atoms with van der Waals surface area (Å²) in [5, 5.41) is 10.5. The lowest BCUT2D eigenvalue weighted by molar-refractivity contribution is -0.144. The van der Waals surface area contributed by atoms with Gasteiger partial charge in [0.2, 0.25) is 0 Å². The molecule has 15 heteroatoms. The van der Waals surface area contributed by atoms with Crippen molar-refractivity contribution in [2.75, 3.05) is 19.8 Å². The fourth-order valence-corrected chi connectivity index (χ4v) is 2.94. The zero-order valence-corrected chi connectivity index (χ0v) is 21.2. The standard InChI is InChI=1S/C18H16ClF4N3O6.C6H6O/c1-8(16(30)24-4-3-15(28)29)32-12-6-11(10(20)5-9(12)19)26-14(27)7-13(18(21,22)23)25(2)17(26)31;1-3-5-7-6-4-2/h5-8H,3-4H2,1-2H3,(H,24,30)(H,28,29);1-2H,5-6H2. The van der Waals surface area contributed by atoms with Gasteiger partial charge >= 0.3 is 17.8 Å². The predicted octanol–water partition coefficient (Wildman–Crippen LogP) is 1.98. The number of carboxylic acids is 1. The quantitative estimate of drug-likeness (QED) is 0.266. The van der Waals surface area contributed by atoms with E-state index in [1.807, 2.05) is 0 Å². The molecule has 1 amide bonds. The Balaban J connectivity index is 0.000000956. The largest absolute Gasteiger partial charge is 0.481 e. The molecule has 0 saturated carbocycles. The Bertz CT molecular complexity index is 1390. The maximum Gasteiger partial charge on any atom is 0.431 e. The molecule has 1 heterocycles. The highest BCUT2D eigenvalue weighted by Gasteiger charge is 2.35. The summed E-state index contributed by atoms with van der Waals surface area (Å²) < 4.78 is 63.7. The monoisotopic (exact) mass is 575 g/mol. The van der Waals surface area contributed by atoms with Gasteiger partial charge in [-0.15, -0.1) is 12.8 Å². The van der Waals surface area contributed by atoms with E-state index in [0.717, 1.165) is 13.1 Å². The first-order valence-corrected chi connectivity index (χ1v) is 11.0. The van der Waals surface area contributed by atoms with Crippen LogP contribution in [0.25, 0.3) is 5.69 Å². The van der Waals surface area contributed by atoms with Crippen LogP contribution in [0.2, 0.25) is 5.02 Å². The molecule has 10 nitrogen and oxygen atoms in total. The van der Waals surface area contributed by atoms with E-state index in [2.05, 4.69) is 21.9 Å². The highest BCUT2D eigenvalue weighted by atomic mass is 35.5. The molecular formula is C24H22ClF4N3O7. The third-order valence-electron chi connectivity index (χ3n) is 4.53. The van der Waals surface area contributed by atoms with Gasteiger partial charge in [-0.05, 0) is 13.0 Å². The maximum atomic E-state index is 14.5. The summed E-state index contributed by atoms with van der Waals surface area (Å²) in [4.78, 5) is 47.1. The van der Waals surface area contributed by atoms with E-state index in [4.69, 9.17) is 34.3 Å². The smallest absolute Gasteiger partial charge is 0.431 e. The van der Waals surface area contributed by atoms with E-state index >= 15 is 0 Å². The van der Waals surface area contributed by atoms with Crippen molar-refractivity contribution < 1.29 is 41.7 Å². The zero-order chi connectivity index (χ0) is 29.9. The van der Waals surface area contributed by atoms with Gasteiger partial charge in [-0.1, -0.05) is 23.4 Å². The van der Waals surface area contributed by atoms with Crippen LogP contribution in [0.15, 0.2) is 27.8 Å². The second kappa shape index (κ2) is 14.6. The van der Waals surface area contributed by atoms with Gasteiger partial charge in [0.05, 0.1) is 17.1 Å². The van der Waals surface area contributed by atoms with Crippen LogP contribution in [0.3, 0.4) is 0 Å². The van der Waals surface area contributed by atoms with Crippen LogP contribution in [0, 0.1) is 30.5 Å². The lowest BCUT2D eigenvalue weighted by atomic mass is 10.2. The number of halogens is 5. The zero-order valence-electron chi connectivity index (χ0n) is 20.5. The number of amides is 1. The molecule has 0 radical (unpaired) electrons. The van der Waals surface area contributed by atoms with E-state index in [1.54, 1.807) is 0 Å². The Kier molecular flexibility index (Phi) is 12.3. The minimum Gasteiger partial charge on any atom is -0.481 e. The molecular weight excluding hydrogens is 554 g/mol. The Hall–Kier alpha value is -4.27. The van der Waals surface area contributed by atoms with Crippen molar-refractivity contribution in [3.05, 3.63) is 55.6 Å². The van der Waals surface area contributed by atoms with E-state index < -0.39 is 52.6 Å². The van der Waals surface area contributed by atoms with Crippen molar-refractivity contribution in [1.82, 2.24) is 14.5 Å². The number of nitrogens with zero attached hydrogens (tertiary/aromatic N) is 2. The molecule has 39 heavy (non-hydrogen) atoms. The molecule has 0 aliphatic rings. The number of carbonyl (C=O) groups excluding carboxylic acids is 1. The Morgan fingerprint density at radius 1 is 1.18 bits per heavy atom. The molecule has 0 aliphatic heterocycles. The van der Waals surface area contributed by atoms with Crippen molar-refractivity contribution >= 4 is 23.5 Å². The summed E-state index contributed by atoms with van der Waals surface area (Å²) in [5.41, 5.74) is -5.20. The van der Waals surface area contributed by atoms with Crippen molar-refractivity contribution in [2.45, 2.75) is 25.6 Å². The number of carboxylic acid groups (broad SMARTS) is 1. The lowest BCUT2D eigenvalue weighted by Gasteiger charge is -2.18. The number of nitrogens with one attached hydrogen (secondary N) is 1. The fraction of sp³-hybridized carbons (Fsp3) is 0.333. The summed E-state index contributed by atoms with van der Waals surface area (Å²) in [6.07, 6.45) is 3.05. The maximum absolute atomic E-state index is 14.5. The fourth-order valence-electron chi connectivity index (χ4n) is 2.75. The number of aliphatic carboxylic acids is 1. The van der Waals surface area contributed by atoms with Crippen molar-refractivity contribution in [1.29, 1.82) is 0 Å². The molecule has 0 bridgehead atoms. The second-order valence-electron chi connectivity index (χ2n) is 7.37. The summed E-state index contributed by atoms with van der Waals surface area (Å²) in [6, 6.07) is 1.58. The van der Waals surface area contributed by atoms with Crippen LogP contribution in [0.5, 0.6) is 5.75 Å². The van der Waals surface area contributed by atoms with E-state index in [0.29, 0.717) is 19.3 Å². The Morgan fingerprint density at radius 2 is 1.77 bits per heavy atom.